The van der Waals surface area contributed by atoms with E-state index in [9.17, 15) is 0 Å². The number of aromatic nitrogens is 3. The number of nitrogens with zero attached hydrogens (tertiary/aromatic N) is 3. The zero-order chi connectivity index (χ0) is 15.8. The van der Waals surface area contributed by atoms with Gasteiger partial charge in [0.15, 0.2) is 5.82 Å². The summed E-state index contributed by atoms with van der Waals surface area (Å²) in [5.41, 5.74) is 6.64. The number of rotatable bonds is 3. The first-order valence-corrected chi connectivity index (χ1v) is 7.84. The minimum Gasteiger partial charge on any atom is -0.338 e. The summed E-state index contributed by atoms with van der Waals surface area (Å²) in [6, 6.07) is 14.5. The van der Waals surface area contributed by atoms with Gasteiger partial charge >= 0.3 is 0 Å². The Morgan fingerprint density at radius 3 is 2.78 bits per heavy atom. The van der Waals surface area contributed by atoms with Crippen LogP contribution < -0.4 is 5.32 Å². The summed E-state index contributed by atoms with van der Waals surface area (Å²) in [6.45, 7) is 4.29. The zero-order valence-corrected chi connectivity index (χ0v) is 13.2. The van der Waals surface area contributed by atoms with Crippen molar-refractivity contribution in [3.63, 3.8) is 0 Å². The molecule has 1 N–H and O–H groups in total. The fraction of sp³-hybridized carbons (Fsp3) is 0.158. The van der Waals surface area contributed by atoms with Crippen molar-refractivity contribution in [2.45, 2.75) is 20.3 Å². The standard InChI is InChI=1S/C19H18N4/c1-3-14-8-6-7-13(2)18(14)22-19-17-11-20-12-23(17)16-10-5-4-9-15(16)21-19/h4-12H,3H2,1-2H3,(H,21,22). The van der Waals surface area contributed by atoms with Gasteiger partial charge < -0.3 is 5.32 Å². The van der Waals surface area contributed by atoms with Crippen LogP contribution in [0.1, 0.15) is 18.1 Å². The molecule has 23 heavy (non-hydrogen) atoms. The van der Waals surface area contributed by atoms with Gasteiger partial charge in [0.1, 0.15) is 5.52 Å². The highest BCUT2D eigenvalue weighted by Crippen LogP contribution is 2.28. The first-order valence-electron chi connectivity index (χ1n) is 7.84. The van der Waals surface area contributed by atoms with E-state index in [-0.39, 0.29) is 0 Å². The molecule has 4 rings (SSSR count). The lowest BCUT2D eigenvalue weighted by Crippen LogP contribution is -2.02. The van der Waals surface area contributed by atoms with Crippen LogP contribution in [0.5, 0.6) is 0 Å². The molecule has 0 aliphatic carbocycles. The molecule has 4 heteroatoms. The number of benzene rings is 2. The Kier molecular flexibility index (Phi) is 3.23. The first kappa shape index (κ1) is 13.8. The predicted octanol–water partition coefficient (Wildman–Crippen LogP) is 4.50. The Bertz CT molecular complexity index is 1000. The highest BCUT2D eigenvalue weighted by atomic mass is 15.1. The van der Waals surface area contributed by atoms with E-state index in [1.54, 1.807) is 0 Å². The molecule has 4 aromatic rings. The Morgan fingerprint density at radius 1 is 1.04 bits per heavy atom. The van der Waals surface area contributed by atoms with Crippen LogP contribution in [0.2, 0.25) is 0 Å². The molecule has 0 bridgehead atoms. The van der Waals surface area contributed by atoms with Crippen molar-refractivity contribution >= 4 is 28.1 Å². The summed E-state index contributed by atoms with van der Waals surface area (Å²) in [4.78, 5) is 9.12. The Labute approximate surface area is 134 Å². The van der Waals surface area contributed by atoms with Gasteiger partial charge in [-0.25, -0.2) is 9.97 Å². The van der Waals surface area contributed by atoms with Crippen molar-refractivity contribution in [1.29, 1.82) is 0 Å². The molecule has 0 saturated heterocycles. The minimum absolute atomic E-state index is 0.838. The molecule has 114 valence electrons. The molecule has 2 heterocycles. The van der Waals surface area contributed by atoms with Crippen molar-refractivity contribution < 1.29 is 0 Å². The summed E-state index contributed by atoms with van der Waals surface area (Å²) in [6.07, 6.45) is 4.67. The van der Waals surface area contributed by atoms with Crippen LogP contribution in [0.15, 0.2) is 55.0 Å². The van der Waals surface area contributed by atoms with Gasteiger partial charge in [0.05, 0.1) is 23.6 Å². The monoisotopic (exact) mass is 302 g/mol. The fourth-order valence-corrected chi connectivity index (χ4v) is 3.01. The van der Waals surface area contributed by atoms with Crippen LogP contribution in [-0.4, -0.2) is 14.4 Å². The second-order valence-electron chi connectivity index (χ2n) is 5.69. The summed E-state index contributed by atoms with van der Waals surface area (Å²) < 4.78 is 2.08. The van der Waals surface area contributed by atoms with E-state index in [2.05, 4.69) is 52.8 Å². The zero-order valence-electron chi connectivity index (χ0n) is 13.2. The highest BCUT2D eigenvalue weighted by molar-refractivity contribution is 5.86. The number of hydrogen-bond acceptors (Lipinski definition) is 3. The molecule has 0 aliphatic rings. The number of anilines is 2. The summed E-state index contributed by atoms with van der Waals surface area (Å²) in [7, 11) is 0. The van der Waals surface area contributed by atoms with Crippen LogP contribution in [0.3, 0.4) is 0 Å². The predicted molar refractivity (Wildman–Crippen MR) is 94.3 cm³/mol. The molecule has 0 fully saturated rings. The minimum atomic E-state index is 0.838. The van der Waals surface area contributed by atoms with Gasteiger partial charge in [0.25, 0.3) is 0 Å². The lowest BCUT2D eigenvalue weighted by Gasteiger charge is -2.15. The summed E-state index contributed by atoms with van der Waals surface area (Å²) >= 11 is 0. The van der Waals surface area contributed by atoms with E-state index in [4.69, 9.17) is 4.98 Å². The molecule has 2 aromatic heterocycles. The summed E-state index contributed by atoms with van der Waals surface area (Å²) in [5.74, 6) is 0.838. The van der Waals surface area contributed by atoms with Crippen molar-refractivity contribution in [3.05, 3.63) is 66.1 Å². The van der Waals surface area contributed by atoms with E-state index in [1.807, 2.05) is 30.7 Å². The maximum absolute atomic E-state index is 4.82. The van der Waals surface area contributed by atoms with Gasteiger partial charge in [0, 0.05) is 5.69 Å². The second kappa shape index (κ2) is 5.39. The third kappa shape index (κ3) is 2.23. The lowest BCUT2D eigenvalue weighted by molar-refractivity contribution is 1.13. The molecular weight excluding hydrogens is 284 g/mol. The van der Waals surface area contributed by atoms with Gasteiger partial charge in [-0.2, -0.15) is 0 Å². The topological polar surface area (TPSA) is 42.2 Å². The number of imidazole rings is 1. The van der Waals surface area contributed by atoms with Crippen LogP contribution >= 0.6 is 0 Å². The third-order valence-electron chi connectivity index (χ3n) is 4.24. The molecule has 0 radical (unpaired) electrons. The molecule has 0 atom stereocenters. The van der Waals surface area contributed by atoms with Crippen molar-refractivity contribution in [2.75, 3.05) is 5.32 Å². The highest BCUT2D eigenvalue weighted by Gasteiger charge is 2.11. The SMILES string of the molecule is CCc1cccc(C)c1Nc1nc2ccccc2n2cncc12. The molecule has 4 nitrogen and oxygen atoms in total. The number of nitrogens with one attached hydrogen (secondary N) is 1. The average molecular weight is 302 g/mol. The molecule has 0 saturated carbocycles. The fourth-order valence-electron chi connectivity index (χ4n) is 3.01. The normalized spacial score (nSPS) is 11.2. The number of hydrogen-bond donors (Lipinski definition) is 1. The molecule has 2 aromatic carbocycles. The van der Waals surface area contributed by atoms with Gasteiger partial charge in [-0.05, 0) is 36.6 Å². The van der Waals surface area contributed by atoms with E-state index in [0.717, 1.165) is 34.5 Å². The molecule has 0 amide bonds. The quantitative estimate of drug-likeness (QED) is 0.606. The Hall–Kier alpha value is -2.88. The van der Waals surface area contributed by atoms with Crippen molar-refractivity contribution in [2.24, 2.45) is 0 Å². The first-order chi connectivity index (χ1) is 11.3. The Balaban J connectivity index is 1.94. The maximum Gasteiger partial charge on any atom is 0.157 e. The summed E-state index contributed by atoms with van der Waals surface area (Å²) in [5, 5.41) is 3.54. The van der Waals surface area contributed by atoms with Gasteiger partial charge in [-0.15, -0.1) is 0 Å². The van der Waals surface area contributed by atoms with E-state index < -0.39 is 0 Å². The van der Waals surface area contributed by atoms with Gasteiger partial charge in [-0.1, -0.05) is 37.3 Å². The smallest absolute Gasteiger partial charge is 0.157 e. The average Bonchev–Trinajstić information content (AvgIpc) is 3.07. The van der Waals surface area contributed by atoms with Crippen LogP contribution in [0.4, 0.5) is 11.5 Å². The second-order valence-corrected chi connectivity index (χ2v) is 5.69. The largest absolute Gasteiger partial charge is 0.338 e. The molecule has 0 aliphatic heterocycles. The number of fused-ring (bicyclic) bond motifs is 3. The van der Waals surface area contributed by atoms with E-state index in [0.29, 0.717) is 0 Å². The van der Waals surface area contributed by atoms with E-state index >= 15 is 0 Å². The Morgan fingerprint density at radius 2 is 1.91 bits per heavy atom. The van der Waals surface area contributed by atoms with E-state index in [1.165, 1.54) is 11.1 Å². The molecule has 0 spiro atoms. The maximum atomic E-state index is 4.82. The molecular formula is C19H18N4. The van der Waals surface area contributed by atoms with Crippen LogP contribution in [-0.2, 0) is 6.42 Å². The van der Waals surface area contributed by atoms with Crippen molar-refractivity contribution in [3.8, 4) is 0 Å². The van der Waals surface area contributed by atoms with Crippen molar-refractivity contribution in [1.82, 2.24) is 14.4 Å². The van der Waals surface area contributed by atoms with Crippen LogP contribution in [0, 0.1) is 6.92 Å². The number of para-hydroxylation sites is 3. The van der Waals surface area contributed by atoms with Gasteiger partial charge in [-0.3, -0.25) is 4.40 Å². The lowest BCUT2D eigenvalue weighted by atomic mass is 10.1. The molecule has 0 unspecified atom stereocenters. The van der Waals surface area contributed by atoms with Crippen LogP contribution in [0.25, 0.3) is 16.6 Å². The number of aryl methyl sites for hydroxylation is 2. The third-order valence-corrected chi connectivity index (χ3v) is 4.24. The van der Waals surface area contributed by atoms with Gasteiger partial charge in [0.2, 0.25) is 0 Å².